The summed E-state index contributed by atoms with van der Waals surface area (Å²) in [6.07, 6.45) is 3.19. The van der Waals surface area contributed by atoms with E-state index in [1.807, 2.05) is 31.2 Å². The molecule has 0 saturated carbocycles. The zero-order chi connectivity index (χ0) is 11.5. The number of hydrogen-bond acceptors (Lipinski definition) is 2. The number of nitrogens with zero attached hydrogens (tertiary/aromatic N) is 1. The molecular formula is C13H12N2O. The van der Waals surface area contributed by atoms with Gasteiger partial charge in [0.25, 0.3) is 0 Å². The van der Waals surface area contributed by atoms with Crippen LogP contribution in [0.15, 0.2) is 42.7 Å². The minimum atomic E-state index is -0.457. The number of nitrogens with two attached hydrogens (primary N) is 1. The van der Waals surface area contributed by atoms with Crippen molar-refractivity contribution < 1.29 is 4.79 Å². The lowest BCUT2D eigenvalue weighted by Gasteiger charge is -2.03. The highest BCUT2D eigenvalue weighted by Gasteiger charge is 2.03. The smallest absolute Gasteiger partial charge is 0.250 e. The summed E-state index contributed by atoms with van der Waals surface area (Å²) in [6.45, 7) is 2.03. The van der Waals surface area contributed by atoms with E-state index in [0.29, 0.717) is 5.56 Å². The largest absolute Gasteiger partial charge is 0.366 e. The zero-order valence-electron chi connectivity index (χ0n) is 8.97. The molecule has 80 valence electrons. The van der Waals surface area contributed by atoms with Gasteiger partial charge in [0.15, 0.2) is 0 Å². The molecule has 0 bridgehead atoms. The van der Waals surface area contributed by atoms with Gasteiger partial charge >= 0.3 is 0 Å². The lowest BCUT2D eigenvalue weighted by atomic mass is 10.0. The van der Waals surface area contributed by atoms with Crippen LogP contribution in [0.1, 0.15) is 15.9 Å². The lowest BCUT2D eigenvalue weighted by molar-refractivity contribution is 0.1000. The molecule has 2 N–H and O–H groups in total. The van der Waals surface area contributed by atoms with Crippen LogP contribution < -0.4 is 5.73 Å². The molecule has 1 aromatic carbocycles. The van der Waals surface area contributed by atoms with Crippen molar-refractivity contribution in [2.45, 2.75) is 6.92 Å². The Labute approximate surface area is 93.9 Å². The molecule has 1 aromatic heterocycles. The normalized spacial score (nSPS) is 10.1. The van der Waals surface area contributed by atoms with E-state index in [1.165, 1.54) is 11.8 Å². The fraction of sp³-hybridized carbons (Fsp3) is 0.0769. The Kier molecular flexibility index (Phi) is 2.68. The van der Waals surface area contributed by atoms with Crippen molar-refractivity contribution in [3.8, 4) is 11.1 Å². The van der Waals surface area contributed by atoms with Crippen molar-refractivity contribution in [1.82, 2.24) is 4.98 Å². The maximum Gasteiger partial charge on any atom is 0.250 e. The molecule has 0 aliphatic rings. The standard InChI is InChI=1S/C13H12N2O/c1-9-2-4-10(5-3-9)11-6-12(13(14)16)8-15-7-11/h2-8H,1H3,(H2,14,16). The number of pyridine rings is 1. The van der Waals surface area contributed by atoms with Crippen LogP contribution >= 0.6 is 0 Å². The molecule has 0 saturated heterocycles. The van der Waals surface area contributed by atoms with E-state index < -0.39 is 5.91 Å². The van der Waals surface area contributed by atoms with Gasteiger partial charge in [-0.3, -0.25) is 9.78 Å². The molecule has 0 unspecified atom stereocenters. The molecule has 3 nitrogen and oxygen atoms in total. The molecule has 3 heteroatoms. The molecule has 0 spiro atoms. The van der Waals surface area contributed by atoms with Gasteiger partial charge in [0.2, 0.25) is 5.91 Å². The number of hydrogen-bond donors (Lipinski definition) is 1. The number of benzene rings is 1. The van der Waals surface area contributed by atoms with Crippen LogP contribution in [0.5, 0.6) is 0 Å². The number of aromatic nitrogens is 1. The topological polar surface area (TPSA) is 56.0 Å². The summed E-state index contributed by atoms with van der Waals surface area (Å²) in [6, 6.07) is 9.78. The number of aryl methyl sites for hydroxylation is 1. The Morgan fingerprint density at radius 3 is 2.44 bits per heavy atom. The Balaban J connectivity index is 2.44. The fourth-order valence-electron chi connectivity index (χ4n) is 1.48. The summed E-state index contributed by atoms with van der Waals surface area (Å²) < 4.78 is 0. The van der Waals surface area contributed by atoms with Crippen molar-refractivity contribution >= 4 is 5.91 Å². The van der Waals surface area contributed by atoms with Crippen molar-refractivity contribution in [3.63, 3.8) is 0 Å². The van der Waals surface area contributed by atoms with Crippen molar-refractivity contribution in [2.75, 3.05) is 0 Å². The van der Waals surface area contributed by atoms with Gasteiger partial charge in [-0.05, 0) is 18.6 Å². The second-order valence-electron chi connectivity index (χ2n) is 3.69. The second-order valence-corrected chi connectivity index (χ2v) is 3.69. The highest BCUT2D eigenvalue weighted by molar-refractivity contribution is 5.93. The third-order valence-corrected chi connectivity index (χ3v) is 2.41. The maximum atomic E-state index is 11.0. The van der Waals surface area contributed by atoms with Crippen LogP contribution in [0.3, 0.4) is 0 Å². The molecule has 2 aromatic rings. The lowest BCUT2D eigenvalue weighted by Crippen LogP contribution is -2.11. The van der Waals surface area contributed by atoms with E-state index in [0.717, 1.165) is 11.1 Å². The monoisotopic (exact) mass is 212 g/mol. The van der Waals surface area contributed by atoms with Gasteiger partial charge in [-0.1, -0.05) is 29.8 Å². The zero-order valence-corrected chi connectivity index (χ0v) is 8.97. The average Bonchev–Trinajstić information content (AvgIpc) is 2.30. The molecule has 16 heavy (non-hydrogen) atoms. The molecule has 1 amide bonds. The average molecular weight is 212 g/mol. The minimum Gasteiger partial charge on any atom is -0.366 e. The Morgan fingerprint density at radius 1 is 1.12 bits per heavy atom. The minimum absolute atomic E-state index is 0.429. The molecular weight excluding hydrogens is 200 g/mol. The Hall–Kier alpha value is -2.16. The van der Waals surface area contributed by atoms with Crippen LogP contribution in [0.25, 0.3) is 11.1 Å². The van der Waals surface area contributed by atoms with Crippen LogP contribution in [-0.4, -0.2) is 10.9 Å². The van der Waals surface area contributed by atoms with Gasteiger partial charge in [0.05, 0.1) is 5.56 Å². The summed E-state index contributed by atoms with van der Waals surface area (Å²) in [7, 11) is 0. The first-order valence-corrected chi connectivity index (χ1v) is 4.99. The van der Waals surface area contributed by atoms with Gasteiger partial charge in [0, 0.05) is 18.0 Å². The fourth-order valence-corrected chi connectivity index (χ4v) is 1.48. The predicted octanol–water partition coefficient (Wildman–Crippen LogP) is 2.16. The summed E-state index contributed by atoms with van der Waals surface area (Å²) in [5.74, 6) is -0.457. The number of rotatable bonds is 2. The molecule has 1 heterocycles. The van der Waals surface area contributed by atoms with Crippen molar-refractivity contribution in [1.29, 1.82) is 0 Å². The number of amides is 1. The third kappa shape index (κ3) is 2.08. The van der Waals surface area contributed by atoms with E-state index in [2.05, 4.69) is 4.98 Å². The van der Waals surface area contributed by atoms with Gasteiger partial charge in [-0.25, -0.2) is 0 Å². The molecule has 0 aliphatic carbocycles. The maximum absolute atomic E-state index is 11.0. The van der Waals surface area contributed by atoms with Crippen LogP contribution in [0, 0.1) is 6.92 Å². The van der Waals surface area contributed by atoms with Crippen LogP contribution in [0.2, 0.25) is 0 Å². The third-order valence-electron chi connectivity index (χ3n) is 2.41. The first-order chi connectivity index (χ1) is 7.66. The molecule has 2 rings (SSSR count). The Morgan fingerprint density at radius 2 is 1.81 bits per heavy atom. The van der Waals surface area contributed by atoms with Gasteiger partial charge in [0.1, 0.15) is 0 Å². The summed E-state index contributed by atoms with van der Waals surface area (Å²) >= 11 is 0. The highest BCUT2D eigenvalue weighted by Crippen LogP contribution is 2.19. The SMILES string of the molecule is Cc1ccc(-c2cncc(C(N)=O)c2)cc1. The van der Waals surface area contributed by atoms with Crippen LogP contribution in [-0.2, 0) is 0 Å². The van der Waals surface area contributed by atoms with E-state index in [-0.39, 0.29) is 0 Å². The van der Waals surface area contributed by atoms with E-state index in [1.54, 1.807) is 12.3 Å². The van der Waals surface area contributed by atoms with Gasteiger partial charge in [-0.15, -0.1) is 0 Å². The molecule has 0 atom stereocenters. The Bertz CT molecular complexity index is 518. The van der Waals surface area contributed by atoms with Gasteiger partial charge < -0.3 is 5.73 Å². The quantitative estimate of drug-likeness (QED) is 0.829. The number of primary amides is 1. The second kappa shape index (κ2) is 4.14. The van der Waals surface area contributed by atoms with E-state index in [4.69, 9.17) is 5.73 Å². The van der Waals surface area contributed by atoms with Crippen LogP contribution in [0.4, 0.5) is 0 Å². The number of carbonyl (C=O) groups is 1. The summed E-state index contributed by atoms with van der Waals surface area (Å²) in [4.78, 5) is 15.0. The molecule has 0 fully saturated rings. The first kappa shape index (κ1) is 10.4. The predicted molar refractivity (Wildman–Crippen MR) is 62.9 cm³/mol. The van der Waals surface area contributed by atoms with E-state index >= 15 is 0 Å². The summed E-state index contributed by atoms with van der Waals surface area (Å²) in [5, 5.41) is 0. The summed E-state index contributed by atoms with van der Waals surface area (Å²) in [5.41, 5.74) is 8.76. The number of carbonyl (C=O) groups excluding carboxylic acids is 1. The molecule has 0 radical (unpaired) electrons. The van der Waals surface area contributed by atoms with Crippen molar-refractivity contribution in [2.24, 2.45) is 5.73 Å². The van der Waals surface area contributed by atoms with Crippen molar-refractivity contribution in [3.05, 3.63) is 53.9 Å². The van der Waals surface area contributed by atoms with E-state index in [9.17, 15) is 4.79 Å². The first-order valence-electron chi connectivity index (χ1n) is 4.99. The van der Waals surface area contributed by atoms with Gasteiger partial charge in [-0.2, -0.15) is 0 Å². The molecule has 0 aliphatic heterocycles. The highest BCUT2D eigenvalue weighted by atomic mass is 16.1.